The van der Waals surface area contributed by atoms with E-state index < -0.39 is 17.4 Å². The second-order valence-electron chi connectivity index (χ2n) is 11.5. The minimum Gasteiger partial charge on any atom is -0.352 e. The maximum atomic E-state index is 14.9. The number of anilines is 2. The maximum Gasteiger partial charge on any atom is 0.324 e. The summed E-state index contributed by atoms with van der Waals surface area (Å²) < 4.78 is 14.9. The third-order valence-electron chi connectivity index (χ3n) is 7.13. The molecule has 0 spiro atoms. The van der Waals surface area contributed by atoms with Gasteiger partial charge in [0.2, 0.25) is 5.91 Å². The number of amides is 4. The van der Waals surface area contributed by atoms with Crippen molar-refractivity contribution in [2.45, 2.75) is 65.8 Å². The molecular formula is C30H36FN5O3S. The number of nitrogens with one attached hydrogen (secondary N) is 3. The van der Waals surface area contributed by atoms with Crippen LogP contribution in [0.3, 0.4) is 0 Å². The van der Waals surface area contributed by atoms with Gasteiger partial charge >= 0.3 is 6.03 Å². The molecule has 1 saturated heterocycles. The average Bonchev–Trinajstić information content (AvgIpc) is 3.31. The third-order valence-corrected chi connectivity index (χ3v) is 8.60. The predicted molar refractivity (Wildman–Crippen MR) is 158 cm³/mol. The number of piperazine rings is 1. The Morgan fingerprint density at radius 2 is 1.90 bits per heavy atom. The van der Waals surface area contributed by atoms with Crippen molar-refractivity contribution in [3.8, 4) is 11.1 Å². The highest BCUT2D eigenvalue weighted by molar-refractivity contribution is 7.16. The van der Waals surface area contributed by atoms with Gasteiger partial charge in [0.1, 0.15) is 16.4 Å². The Morgan fingerprint density at radius 1 is 1.18 bits per heavy atom. The molecule has 1 fully saturated rings. The normalized spacial score (nSPS) is 15.0. The van der Waals surface area contributed by atoms with Crippen LogP contribution in [-0.4, -0.2) is 46.4 Å². The van der Waals surface area contributed by atoms with Gasteiger partial charge in [-0.05, 0) is 68.0 Å². The second kappa shape index (κ2) is 11.0. The van der Waals surface area contributed by atoms with E-state index in [1.165, 1.54) is 22.3 Å². The maximum absolute atomic E-state index is 14.9. The average molecular weight is 566 g/mol. The zero-order chi connectivity index (χ0) is 29.4. The topological polar surface area (TPSA) is 103 Å². The number of aryl methyl sites for hydroxylation is 1. The van der Waals surface area contributed by atoms with Crippen molar-refractivity contribution in [3.63, 3.8) is 0 Å². The number of carbonyl (C=O) groups is 3. The molecule has 2 aromatic heterocycles. The zero-order valence-corrected chi connectivity index (χ0v) is 24.8. The van der Waals surface area contributed by atoms with Gasteiger partial charge in [0.05, 0.1) is 5.56 Å². The van der Waals surface area contributed by atoms with Gasteiger partial charge in [0, 0.05) is 41.1 Å². The fourth-order valence-corrected chi connectivity index (χ4v) is 5.62. The molecule has 1 aliphatic heterocycles. The summed E-state index contributed by atoms with van der Waals surface area (Å²) in [5.74, 6) is -1.03. The van der Waals surface area contributed by atoms with E-state index in [0.717, 1.165) is 22.6 Å². The Labute approximate surface area is 238 Å². The number of pyridine rings is 1. The molecule has 0 radical (unpaired) electrons. The molecule has 1 aliphatic rings. The first kappa shape index (κ1) is 29.2. The molecule has 0 aliphatic carbocycles. The number of benzene rings is 1. The minimum absolute atomic E-state index is 0.234. The number of nitrogens with zero attached hydrogens (tertiary/aromatic N) is 2. The smallest absolute Gasteiger partial charge is 0.324 e. The predicted octanol–water partition coefficient (Wildman–Crippen LogP) is 6.11. The van der Waals surface area contributed by atoms with Gasteiger partial charge in [0.15, 0.2) is 0 Å². The van der Waals surface area contributed by atoms with Gasteiger partial charge in [-0.3, -0.25) is 19.9 Å². The number of urea groups is 1. The number of aromatic nitrogens is 1. The molecule has 4 amide bonds. The molecule has 0 unspecified atom stereocenters. The highest BCUT2D eigenvalue weighted by Gasteiger charge is 2.42. The number of hydrogen-bond acceptors (Lipinski definition) is 5. The number of carbonyl (C=O) groups excluding carboxylic acids is 3. The molecule has 0 saturated carbocycles. The van der Waals surface area contributed by atoms with E-state index in [2.05, 4.69) is 20.9 Å². The first-order chi connectivity index (χ1) is 18.7. The Morgan fingerprint density at radius 3 is 2.52 bits per heavy atom. The molecule has 212 valence electrons. The van der Waals surface area contributed by atoms with Gasteiger partial charge in [-0.15, -0.1) is 11.3 Å². The van der Waals surface area contributed by atoms with Gasteiger partial charge < -0.3 is 15.5 Å². The fourth-order valence-electron chi connectivity index (χ4n) is 4.52. The largest absolute Gasteiger partial charge is 0.352 e. The summed E-state index contributed by atoms with van der Waals surface area (Å²) in [5.41, 5.74) is 2.01. The van der Waals surface area contributed by atoms with E-state index in [-0.39, 0.29) is 22.9 Å². The minimum atomic E-state index is -1.04. The lowest BCUT2D eigenvalue weighted by atomic mass is 9.93. The van der Waals surface area contributed by atoms with Crippen LogP contribution in [0.15, 0.2) is 36.5 Å². The van der Waals surface area contributed by atoms with Crippen LogP contribution < -0.4 is 16.0 Å². The van der Waals surface area contributed by atoms with Gasteiger partial charge in [-0.25, -0.2) is 9.18 Å². The molecule has 4 rings (SSSR count). The molecule has 40 heavy (non-hydrogen) atoms. The number of thiophene rings is 1. The quantitative estimate of drug-likeness (QED) is 0.347. The molecule has 0 bridgehead atoms. The van der Waals surface area contributed by atoms with Crippen LogP contribution in [0.5, 0.6) is 0 Å². The van der Waals surface area contributed by atoms with E-state index >= 15 is 0 Å². The third kappa shape index (κ3) is 5.86. The van der Waals surface area contributed by atoms with Crippen LogP contribution in [-0.2, 0) is 16.6 Å². The van der Waals surface area contributed by atoms with Gasteiger partial charge in [-0.1, -0.05) is 33.8 Å². The SMILES string of the molecule is CCc1ccc(-c2cc(NC(=O)Nc3sc(C(C)(C)C)cc3C(=O)N3CCNC(=O)C3(C)C)cc(F)c2C)cn1. The Bertz CT molecular complexity index is 1460. The van der Waals surface area contributed by atoms with Crippen molar-refractivity contribution in [1.29, 1.82) is 0 Å². The highest BCUT2D eigenvalue weighted by atomic mass is 32.1. The lowest BCUT2D eigenvalue weighted by molar-refractivity contribution is -0.133. The Kier molecular flexibility index (Phi) is 8.03. The van der Waals surface area contributed by atoms with Gasteiger partial charge in [-0.2, -0.15) is 0 Å². The van der Waals surface area contributed by atoms with E-state index in [0.29, 0.717) is 34.8 Å². The lowest BCUT2D eigenvalue weighted by Crippen LogP contribution is -2.63. The van der Waals surface area contributed by atoms with Crippen LogP contribution in [0.25, 0.3) is 11.1 Å². The van der Waals surface area contributed by atoms with Crippen LogP contribution in [0.4, 0.5) is 19.9 Å². The summed E-state index contributed by atoms with van der Waals surface area (Å²) in [4.78, 5) is 46.2. The molecule has 0 atom stereocenters. The first-order valence-corrected chi connectivity index (χ1v) is 14.1. The van der Waals surface area contributed by atoms with Crippen LogP contribution in [0.1, 0.15) is 68.0 Å². The summed E-state index contributed by atoms with van der Waals surface area (Å²) in [6.07, 6.45) is 2.49. The molecular weight excluding hydrogens is 529 g/mol. The van der Waals surface area contributed by atoms with E-state index in [1.807, 2.05) is 39.8 Å². The molecule has 3 N–H and O–H groups in total. The second-order valence-corrected chi connectivity index (χ2v) is 12.5. The van der Waals surface area contributed by atoms with Crippen molar-refractivity contribution in [1.82, 2.24) is 15.2 Å². The molecule has 8 nitrogen and oxygen atoms in total. The highest BCUT2D eigenvalue weighted by Crippen LogP contribution is 2.38. The first-order valence-electron chi connectivity index (χ1n) is 13.3. The number of halogens is 1. The molecule has 1 aromatic carbocycles. The van der Waals surface area contributed by atoms with Crippen LogP contribution in [0, 0.1) is 12.7 Å². The van der Waals surface area contributed by atoms with E-state index in [9.17, 15) is 18.8 Å². The zero-order valence-electron chi connectivity index (χ0n) is 24.0. The summed E-state index contributed by atoms with van der Waals surface area (Å²) in [7, 11) is 0. The standard InChI is InChI=1S/C30H36FN5O3S/c1-8-19-10-9-18(16-33-19)21-13-20(14-23(31)17(21)2)34-28(39)35-25-22(15-24(40-25)29(3,4)5)26(37)36-12-11-32-27(38)30(36,6)7/h9-10,13-16H,8,11-12H2,1-7H3,(H,32,38)(H2,34,35,39). The lowest BCUT2D eigenvalue weighted by Gasteiger charge is -2.41. The van der Waals surface area contributed by atoms with E-state index in [4.69, 9.17) is 0 Å². The van der Waals surface area contributed by atoms with Crippen LogP contribution >= 0.6 is 11.3 Å². The van der Waals surface area contributed by atoms with Crippen molar-refractivity contribution in [2.24, 2.45) is 0 Å². The van der Waals surface area contributed by atoms with Crippen molar-refractivity contribution >= 4 is 39.9 Å². The van der Waals surface area contributed by atoms with Crippen LogP contribution in [0.2, 0.25) is 0 Å². The summed E-state index contributed by atoms with van der Waals surface area (Å²) in [6, 6.07) is 7.92. The number of rotatable bonds is 5. The van der Waals surface area contributed by atoms with Crippen molar-refractivity contribution in [3.05, 3.63) is 64.0 Å². The van der Waals surface area contributed by atoms with Gasteiger partial charge in [0.25, 0.3) is 5.91 Å². The summed E-state index contributed by atoms with van der Waals surface area (Å²) in [6.45, 7) is 13.9. The molecule has 10 heteroatoms. The van der Waals surface area contributed by atoms with Crippen molar-refractivity contribution < 1.29 is 18.8 Å². The molecule has 3 heterocycles. The number of hydrogen-bond donors (Lipinski definition) is 3. The summed E-state index contributed by atoms with van der Waals surface area (Å²) in [5, 5.41) is 8.68. The summed E-state index contributed by atoms with van der Waals surface area (Å²) >= 11 is 1.31. The molecule has 3 aromatic rings. The Hall–Kier alpha value is -3.79. The van der Waals surface area contributed by atoms with Crippen molar-refractivity contribution in [2.75, 3.05) is 23.7 Å². The fraction of sp³-hybridized carbons (Fsp3) is 0.400. The van der Waals surface area contributed by atoms with E-state index in [1.54, 1.807) is 39.1 Å². The Balaban J connectivity index is 1.62. The monoisotopic (exact) mass is 565 g/mol.